The number of nitrogens with zero attached hydrogens (tertiary/aromatic N) is 3. The van der Waals surface area contributed by atoms with Crippen molar-refractivity contribution in [1.82, 2.24) is 20.1 Å². The number of benzene rings is 2. The number of hydrogen-bond acceptors (Lipinski definition) is 7. The van der Waals surface area contributed by atoms with E-state index in [1.165, 1.54) is 12.1 Å². The molecule has 0 aliphatic carbocycles. The molecular formula is C27H28N4O7. The van der Waals surface area contributed by atoms with Crippen LogP contribution >= 0.6 is 0 Å². The zero-order valence-corrected chi connectivity index (χ0v) is 20.9. The Labute approximate surface area is 219 Å². The molecule has 0 atom stereocenters. The number of carbonyl (C=O) groups excluding carboxylic acids is 3. The highest BCUT2D eigenvalue weighted by Crippen LogP contribution is 2.23. The van der Waals surface area contributed by atoms with Crippen LogP contribution < -0.4 is 10.1 Å². The molecular weight excluding hydrogens is 492 g/mol. The van der Waals surface area contributed by atoms with Gasteiger partial charge in [0.1, 0.15) is 12.2 Å². The number of carbonyl (C=O) groups is 4. The maximum absolute atomic E-state index is 13.1. The first-order valence-corrected chi connectivity index (χ1v) is 12.2. The van der Waals surface area contributed by atoms with E-state index in [1.807, 2.05) is 18.2 Å². The molecule has 0 unspecified atom stereocenters. The molecule has 11 heteroatoms. The molecule has 0 bridgehead atoms. The Hall–Kier alpha value is -4.67. The van der Waals surface area contributed by atoms with E-state index in [-0.39, 0.29) is 42.7 Å². The topological polar surface area (TPSA) is 138 Å². The van der Waals surface area contributed by atoms with E-state index in [2.05, 4.69) is 10.3 Å². The minimum absolute atomic E-state index is 0.0647. The Balaban J connectivity index is 1.41. The fourth-order valence-corrected chi connectivity index (χ4v) is 3.98. The van der Waals surface area contributed by atoms with Gasteiger partial charge >= 0.3 is 12.1 Å². The fourth-order valence-electron chi connectivity index (χ4n) is 3.98. The van der Waals surface area contributed by atoms with Crippen LogP contribution in [0.15, 0.2) is 54.6 Å². The van der Waals surface area contributed by atoms with Crippen LogP contribution in [0.25, 0.3) is 10.9 Å². The van der Waals surface area contributed by atoms with Gasteiger partial charge in [-0.05, 0) is 36.8 Å². The van der Waals surface area contributed by atoms with Gasteiger partial charge in [-0.3, -0.25) is 9.59 Å². The zero-order valence-electron chi connectivity index (χ0n) is 20.9. The number of hydrogen-bond donors (Lipinski definition) is 2. The summed E-state index contributed by atoms with van der Waals surface area (Å²) in [5.74, 6) is -1.71. The van der Waals surface area contributed by atoms with E-state index in [0.717, 1.165) is 5.39 Å². The number of piperazine rings is 1. The molecule has 0 saturated carbocycles. The highest BCUT2D eigenvalue weighted by atomic mass is 16.6. The van der Waals surface area contributed by atoms with Crippen LogP contribution in [0.3, 0.4) is 0 Å². The molecule has 11 nitrogen and oxygen atoms in total. The van der Waals surface area contributed by atoms with E-state index < -0.39 is 18.0 Å². The average Bonchev–Trinajstić information content (AvgIpc) is 2.94. The summed E-state index contributed by atoms with van der Waals surface area (Å²) in [6, 6.07) is 15.1. The Morgan fingerprint density at radius 1 is 0.974 bits per heavy atom. The fraction of sp³-hybridized carbons (Fsp3) is 0.296. The lowest BCUT2D eigenvalue weighted by molar-refractivity contribution is -0.131. The summed E-state index contributed by atoms with van der Waals surface area (Å²) in [6.07, 6.45) is -0.401. The van der Waals surface area contributed by atoms with Crippen LogP contribution in [-0.4, -0.2) is 83.1 Å². The van der Waals surface area contributed by atoms with Crippen molar-refractivity contribution in [3.63, 3.8) is 0 Å². The van der Waals surface area contributed by atoms with Crippen LogP contribution in [0.4, 0.5) is 4.79 Å². The van der Waals surface area contributed by atoms with Crippen molar-refractivity contribution in [1.29, 1.82) is 0 Å². The lowest BCUT2D eigenvalue weighted by atomic mass is 10.1. The summed E-state index contributed by atoms with van der Waals surface area (Å²) < 4.78 is 10.9. The maximum atomic E-state index is 13.1. The van der Waals surface area contributed by atoms with Crippen molar-refractivity contribution in [3.8, 4) is 5.88 Å². The molecule has 0 spiro atoms. The van der Waals surface area contributed by atoms with E-state index in [1.54, 1.807) is 41.0 Å². The molecule has 1 aliphatic rings. The van der Waals surface area contributed by atoms with Gasteiger partial charge < -0.3 is 29.7 Å². The molecule has 1 aromatic heterocycles. The monoisotopic (exact) mass is 520 g/mol. The number of pyridine rings is 1. The molecule has 4 rings (SSSR count). The third-order valence-corrected chi connectivity index (χ3v) is 6.07. The Bertz CT molecular complexity index is 1340. The number of para-hydroxylation sites is 1. The Morgan fingerprint density at radius 3 is 2.34 bits per heavy atom. The van der Waals surface area contributed by atoms with Gasteiger partial charge in [0.15, 0.2) is 0 Å². The number of fused-ring (bicyclic) bond motifs is 1. The summed E-state index contributed by atoms with van der Waals surface area (Å²) >= 11 is 0. The van der Waals surface area contributed by atoms with Crippen molar-refractivity contribution >= 4 is 34.8 Å². The van der Waals surface area contributed by atoms with E-state index in [9.17, 15) is 19.2 Å². The summed E-state index contributed by atoms with van der Waals surface area (Å²) in [7, 11) is 0. The van der Waals surface area contributed by atoms with Crippen molar-refractivity contribution < 1.29 is 33.8 Å². The number of ether oxygens (including phenoxy) is 2. The number of carboxylic acids is 1. The second-order valence-corrected chi connectivity index (χ2v) is 8.57. The van der Waals surface area contributed by atoms with Gasteiger partial charge in [0.2, 0.25) is 11.8 Å². The molecule has 2 heterocycles. The molecule has 198 valence electrons. The number of carboxylic acid groups (broad SMARTS) is 1. The molecule has 0 radical (unpaired) electrons. The van der Waals surface area contributed by atoms with Gasteiger partial charge in [0.05, 0.1) is 24.2 Å². The summed E-state index contributed by atoms with van der Waals surface area (Å²) in [6.45, 7) is 3.28. The normalized spacial score (nSPS) is 13.2. The molecule has 1 aliphatic heterocycles. The van der Waals surface area contributed by atoms with E-state index >= 15 is 0 Å². The first kappa shape index (κ1) is 26.4. The zero-order chi connectivity index (χ0) is 27.1. The predicted molar refractivity (Wildman–Crippen MR) is 137 cm³/mol. The quantitative estimate of drug-likeness (QED) is 0.462. The van der Waals surface area contributed by atoms with Gasteiger partial charge in [-0.2, -0.15) is 0 Å². The van der Waals surface area contributed by atoms with Crippen molar-refractivity contribution in [2.24, 2.45) is 0 Å². The van der Waals surface area contributed by atoms with Crippen molar-refractivity contribution in [3.05, 3.63) is 71.3 Å². The minimum Gasteiger partial charge on any atom is -0.478 e. The van der Waals surface area contributed by atoms with Crippen LogP contribution in [-0.2, 0) is 16.1 Å². The van der Waals surface area contributed by atoms with Crippen molar-refractivity contribution in [2.75, 3.05) is 39.3 Å². The number of aromatic nitrogens is 1. The molecule has 2 N–H and O–H groups in total. The maximum Gasteiger partial charge on any atom is 0.409 e. The molecule has 3 amide bonds. The third-order valence-electron chi connectivity index (χ3n) is 6.07. The van der Waals surface area contributed by atoms with Gasteiger partial charge in [0.25, 0.3) is 5.91 Å². The standard InChI is InChI=1S/C27H28N4O7/c1-2-37-27(36)31-13-11-30(12-14-31)23(32)16-28-24(33)21-15-20-5-3-4-6-22(20)29-25(21)38-17-18-7-9-19(10-8-18)26(34)35/h3-10,15H,2,11-14,16-17H2,1H3,(H,28,33)(H,34,35). The van der Waals surface area contributed by atoms with Gasteiger partial charge in [-0.25, -0.2) is 14.6 Å². The number of amides is 3. The summed E-state index contributed by atoms with van der Waals surface area (Å²) in [4.78, 5) is 56.4. The minimum atomic E-state index is -1.02. The lowest BCUT2D eigenvalue weighted by Crippen LogP contribution is -2.52. The van der Waals surface area contributed by atoms with Gasteiger partial charge in [0, 0.05) is 31.6 Å². The molecule has 1 saturated heterocycles. The summed E-state index contributed by atoms with van der Waals surface area (Å²) in [5.41, 5.74) is 1.67. The van der Waals surface area contributed by atoms with E-state index in [4.69, 9.17) is 14.6 Å². The average molecular weight is 521 g/mol. The Kier molecular flexibility index (Phi) is 8.37. The lowest BCUT2D eigenvalue weighted by Gasteiger charge is -2.34. The first-order valence-electron chi connectivity index (χ1n) is 12.2. The number of nitrogens with one attached hydrogen (secondary N) is 1. The molecule has 1 fully saturated rings. The van der Waals surface area contributed by atoms with Gasteiger partial charge in [-0.1, -0.05) is 30.3 Å². The predicted octanol–water partition coefficient (Wildman–Crippen LogP) is 2.54. The third kappa shape index (κ3) is 6.36. The first-order chi connectivity index (χ1) is 18.4. The second-order valence-electron chi connectivity index (χ2n) is 8.57. The van der Waals surface area contributed by atoms with Crippen molar-refractivity contribution in [2.45, 2.75) is 13.5 Å². The van der Waals surface area contributed by atoms with Crippen LogP contribution in [0, 0.1) is 0 Å². The SMILES string of the molecule is CCOC(=O)N1CCN(C(=O)CNC(=O)c2cc3ccccc3nc2OCc2ccc(C(=O)O)cc2)CC1. The smallest absolute Gasteiger partial charge is 0.409 e. The summed E-state index contributed by atoms with van der Waals surface area (Å²) in [5, 5.41) is 12.5. The molecule has 3 aromatic rings. The largest absolute Gasteiger partial charge is 0.478 e. The van der Waals surface area contributed by atoms with Crippen LogP contribution in [0.5, 0.6) is 5.88 Å². The Morgan fingerprint density at radius 2 is 1.66 bits per heavy atom. The number of rotatable bonds is 8. The highest BCUT2D eigenvalue weighted by Gasteiger charge is 2.25. The molecule has 2 aromatic carbocycles. The number of aromatic carboxylic acids is 1. The second kappa shape index (κ2) is 12.0. The van der Waals surface area contributed by atoms with Crippen LogP contribution in [0.1, 0.15) is 33.2 Å². The van der Waals surface area contributed by atoms with E-state index in [0.29, 0.717) is 37.3 Å². The molecule has 38 heavy (non-hydrogen) atoms. The highest BCUT2D eigenvalue weighted by molar-refractivity contribution is 6.01. The van der Waals surface area contributed by atoms with Gasteiger partial charge in [-0.15, -0.1) is 0 Å². The van der Waals surface area contributed by atoms with Crippen LogP contribution in [0.2, 0.25) is 0 Å².